The van der Waals surface area contributed by atoms with Crippen LogP contribution in [0.4, 0.5) is 0 Å². The lowest BCUT2D eigenvalue weighted by Gasteiger charge is -2.54. The predicted molar refractivity (Wildman–Crippen MR) is 134 cm³/mol. The number of carbonyl (C=O) groups is 2. The highest BCUT2D eigenvalue weighted by atomic mass is 16.3. The molecule has 2 aromatic rings. The van der Waals surface area contributed by atoms with Crippen molar-refractivity contribution in [2.75, 3.05) is 0 Å². The average molecular weight is 460 g/mol. The second-order valence-electron chi connectivity index (χ2n) is 11.4. The number of phenols is 1. The van der Waals surface area contributed by atoms with Gasteiger partial charge in [0.25, 0.3) is 0 Å². The van der Waals surface area contributed by atoms with Gasteiger partial charge in [-0.3, -0.25) is 14.9 Å². The first kappa shape index (κ1) is 23.1. The summed E-state index contributed by atoms with van der Waals surface area (Å²) in [4.78, 5) is 27.8. The van der Waals surface area contributed by atoms with E-state index >= 15 is 0 Å². The lowest BCUT2D eigenvalue weighted by Crippen LogP contribution is -2.58. The Balaban J connectivity index is 1.44. The van der Waals surface area contributed by atoms with E-state index in [2.05, 4.69) is 19.2 Å². The molecule has 5 rings (SSSR count). The number of amides is 2. The Morgan fingerprint density at radius 1 is 0.882 bits per heavy atom. The van der Waals surface area contributed by atoms with Crippen LogP contribution in [0.1, 0.15) is 88.3 Å². The second-order valence-corrected chi connectivity index (χ2v) is 11.4. The van der Waals surface area contributed by atoms with Crippen molar-refractivity contribution in [1.29, 1.82) is 0 Å². The molecule has 0 aliphatic heterocycles. The SMILES string of the molecule is C[C@]1(C(=O)NC(=O)C2(c3ccccc3)CCCCC2)CCC[C@]2(C)c3cc(O)ccc3CC[C@@H]12. The van der Waals surface area contributed by atoms with Crippen molar-refractivity contribution in [1.82, 2.24) is 5.32 Å². The molecule has 3 aliphatic rings. The van der Waals surface area contributed by atoms with Crippen molar-refractivity contribution in [3.63, 3.8) is 0 Å². The number of hydrogen-bond donors (Lipinski definition) is 2. The maximum absolute atomic E-state index is 13.9. The van der Waals surface area contributed by atoms with Crippen molar-refractivity contribution in [2.45, 2.75) is 88.9 Å². The van der Waals surface area contributed by atoms with E-state index in [0.717, 1.165) is 69.8 Å². The molecule has 2 aromatic carbocycles. The van der Waals surface area contributed by atoms with E-state index in [4.69, 9.17) is 0 Å². The monoisotopic (exact) mass is 459 g/mol. The summed E-state index contributed by atoms with van der Waals surface area (Å²) in [5.74, 6) is 0.188. The molecule has 3 atom stereocenters. The van der Waals surface area contributed by atoms with Crippen molar-refractivity contribution < 1.29 is 14.7 Å². The van der Waals surface area contributed by atoms with Crippen LogP contribution in [0.5, 0.6) is 5.75 Å². The Labute approximate surface area is 203 Å². The molecular weight excluding hydrogens is 422 g/mol. The van der Waals surface area contributed by atoms with Gasteiger partial charge in [0.1, 0.15) is 5.75 Å². The lowest BCUT2D eigenvalue weighted by atomic mass is 9.49. The molecule has 0 unspecified atom stereocenters. The average Bonchev–Trinajstić information content (AvgIpc) is 2.85. The van der Waals surface area contributed by atoms with E-state index in [9.17, 15) is 14.7 Å². The minimum atomic E-state index is -0.617. The molecule has 0 spiro atoms. The van der Waals surface area contributed by atoms with Crippen LogP contribution in [0.3, 0.4) is 0 Å². The molecule has 3 aliphatic carbocycles. The van der Waals surface area contributed by atoms with Gasteiger partial charge in [-0.2, -0.15) is 0 Å². The Morgan fingerprint density at radius 2 is 1.62 bits per heavy atom. The normalized spacial score (nSPS) is 30.0. The van der Waals surface area contributed by atoms with E-state index in [-0.39, 0.29) is 28.9 Å². The molecule has 0 saturated heterocycles. The Morgan fingerprint density at radius 3 is 2.35 bits per heavy atom. The first-order valence-electron chi connectivity index (χ1n) is 13.0. The molecule has 2 N–H and O–H groups in total. The number of aromatic hydroxyl groups is 1. The Kier molecular flexibility index (Phi) is 5.82. The van der Waals surface area contributed by atoms with Crippen LogP contribution in [0, 0.1) is 11.3 Å². The van der Waals surface area contributed by atoms with Crippen molar-refractivity contribution >= 4 is 11.8 Å². The first-order chi connectivity index (χ1) is 16.3. The van der Waals surface area contributed by atoms with Crippen molar-refractivity contribution in [3.8, 4) is 5.75 Å². The van der Waals surface area contributed by atoms with Gasteiger partial charge in [0, 0.05) is 0 Å². The molecule has 0 heterocycles. The number of hydrogen-bond acceptors (Lipinski definition) is 3. The number of phenolic OH excluding ortho intramolecular Hbond substituents is 1. The fraction of sp³-hybridized carbons (Fsp3) is 0.533. The van der Waals surface area contributed by atoms with Crippen LogP contribution >= 0.6 is 0 Å². The fourth-order valence-electron chi connectivity index (χ4n) is 7.64. The smallest absolute Gasteiger partial charge is 0.237 e. The number of imide groups is 1. The predicted octanol–water partition coefficient (Wildman–Crippen LogP) is 5.95. The Hall–Kier alpha value is -2.62. The van der Waals surface area contributed by atoms with Crippen LogP contribution in [0.15, 0.2) is 48.5 Å². The van der Waals surface area contributed by atoms with E-state index in [1.807, 2.05) is 42.5 Å². The van der Waals surface area contributed by atoms with Gasteiger partial charge in [0.05, 0.1) is 10.8 Å². The van der Waals surface area contributed by atoms with Gasteiger partial charge < -0.3 is 5.11 Å². The molecule has 0 bridgehead atoms. The number of benzene rings is 2. The van der Waals surface area contributed by atoms with E-state index in [1.54, 1.807) is 6.07 Å². The topological polar surface area (TPSA) is 66.4 Å². The summed E-state index contributed by atoms with van der Waals surface area (Å²) in [6.07, 6.45) is 9.30. The summed E-state index contributed by atoms with van der Waals surface area (Å²) in [6.45, 7) is 4.33. The van der Waals surface area contributed by atoms with Gasteiger partial charge in [-0.05, 0) is 78.7 Å². The molecular formula is C30H37NO3. The number of fused-ring (bicyclic) bond motifs is 3. The van der Waals surface area contributed by atoms with Crippen LogP contribution in [0.25, 0.3) is 0 Å². The van der Waals surface area contributed by atoms with Gasteiger partial charge in [-0.25, -0.2) is 0 Å². The van der Waals surface area contributed by atoms with Crippen LogP contribution < -0.4 is 5.32 Å². The highest BCUT2D eigenvalue weighted by Crippen LogP contribution is 2.57. The molecule has 34 heavy (non-hydrogen) atoms. The van der Waals surface area contributed by atoms with Crippen LogP contribution in [0.2, 0.25) is 0 Å². The van der Waals surface area contributed by atoms with Crippen LogP contribution in [-0.4, -0.2) is 16.9 Å². The Bertz CT molecular complexity index is 1090. The summed E-state index contributed by atoms with van der Waals surface area (Å²) < 4.78 is 0. The third-order valence-electron chi connectivity index (χ3n) is 9.56. The highest BCUT2D eigenvalue weighted by Gasteiger charge is 2.56. The van der Waals surface area contributed by atoms with Gasteiger partial charge in [-0.15, -0.1) is 0 Å². The second kappa shape index (κ2) is 8.55. The summed E-state index contributed by atoms with van der Waals surface area (Å²) >= 11 is 0. The van der Waals surface area contributed by atoms with Gasteiger partial charge in [0.15, 0.2) is 0 Å². The fourth-order valence-corrected chi connectivity index (χ4v) is 7.64. The van der Waals surface area contributed by atoms with Gasteiger partial charge >= 0.3 is 0 Å². The molecule has 0 radical (unpaired) electrons. The molecule has 2 fully saturated rings. The minimum absolute atomic E-state index is 0.113. The maximum atomic E-state index is 13.9. The minimum Gasteiger partial charge on any atom is -0.508 e. The molecule has 4 heteroatoms. The van der Waals surface area contributed by atoms with Crippen LogP contribution in [-0.2, 0) is 26.8 Å². The van der Waals surface area contributed by atoms with Gasteiger partial charge in [0.2, 0.25) is 11.8 Å². The zero-order valence-corrected chi connectivity index (χ0v) is 20.5. The zero-order chi connectivity index (χ0) is 24.0. The third-order valence-corrected chi connectivity index (χ3v) is 9.56. The molecule has 0 aromatic heterocycles. The highest BCUT2D eigenvalue weighted by molar-refractivity contribution is 6.03. The summed E-state index contributed by atoms with van der Waals surface area (Å²) in [5, 5.41) is 13.2. The van der Waals surface area contributed by atoms with Crippen molar-refractivity contribution in [3.05, 3.63) is 65.2 Å². The summed E-state index contributed by atoms with van der Waals surface area (Å²) in [7, 11) is 0. The first-order valence-corrected chi connectivity index (χ1v) is 13.0. The molecule has 4 nitrogen and oxygen atoms in total. The molecule has 180 valence electrons. The van der Waals surface area contributed by atoms with E-state index in [0.29, 0.717) is 0 Å². The molecule has 2 saturated carbocycles. The lowest BCUT2D eigenvalue weighted by molar-refractivity contribution is -0.145. The van der Waals surface area contributed by atoms with Crippen molar-refractivity contribution in [2.24, 2.45) is 11.3 Å². The third kappa shape index (κ3) is 3.57. The number of carbonyl (C=O) groups excluding carboxylic acids is 2. The summed E-state index contributed by atoms with van der Waals surface area (Å²) in [5.41, 5.74) is 2.08. The summed E-state index contributed by atoms with van der Waals surface area (Å²) in [6, 6.07) is 15.7. The van der Waals surface area contributed by atoms with Gasteiger partial charge in [-0.1, -0.05) is 75.9 Å². The number of nitrogens with one attached hydrogen (secondary N) is 1. The number of aryl methyl sites for hydroxylation is 1. The number of rotatable bonds is 3. The largest absolute Gasteiger partial charge is 0.508 e. The zero-order valence-electron chi connectivity index (χ0n) is 20.5. The maximum Gasteiger partial charge on any atom is 0.237 e. The standard InChI is InChI=1S/C30H37NO3/c1-28-16-9-17-29(2,25(28)15-13-21-12-14-23(32)20-24(21)28)26(33)31-27(34)30(18-7-4-8-19-30)22-10-5-3-6-11-22/h3,5-6,10-12,14,20,25,32H,4,7-9,13,15-19H2,1-2H3,(H,31,33,34)/t25-,28-,29+/m1/s1. The van der Waals surface area contributed by atoms with E-state index < -0.39 is 10.8 Å². The quantitative estimate of drug-likeness (QED) is 0.558. The molecule has 2 amide bonds. The van der Waals surface area contributed by atoms with E-state index in [1.165, 1.54) is 11.1 Å².